The first kappa shape index (κ1) is 50.8. The predicted molar refractivity (Wildman–Crippen MR) is 214 cm³/mol. The number of hydrogen-bond donors (Lipinski definition) is 2. The summed E-state index contributed by atoms with van der Waals surface area (Å²) in [4.78, 5) is 30.6. The zero-order valence-electron chi connectivity index (χ0n) is 33.9. The highest BCUT2D eigenvalue weighted by atomic mass is 32.1. The Bertz CT molecular complexity index is 1810. The van der Waals surface area contributed by atoms with Crippen LogP contribution in [-0.2, 0) is 12.4 Å². The van der Waals surface area contributed by atoms with Crippen molar-refractivity contribution in [2.24, 2.45) is 0 Å². The lowest BCUT2D eigenvalue weighted by molar-refractivity contribution is -0.156. The molecule has 0 spiro atoms. The van der Waals surface area contributed by atoms with Gasteiger partial charge in [0.15, 0.2) is 0 Å². The normalized spacial score (nSPS) is 15.1. The van der Waals surface area contributed by atoms with E-state index in [9.17, 15) is 35.9 Å². The first-order valence-electron chi connectivity index (χ1n) is 18.6. The number of aromatic nitrogens is 2. The van der Waals surface area contributed by atoms with Crippen LogP contribution in [0.5, 0.6) is 0 Å². The van der Waals surface area contributed by atoms with Gasteiger partial charge in [-0.1, -0.05) is 38.0 Å². The number of rotatable bonds is 5. The zero-order chi connectivity index (χ0) is 43.5. The number of thiophene rings is 2. The van der Waals surface area contributed by atoms with Crippen LogP contribution in [-0.4, -0.2) is 85.3 Å². The van der Waals surface area contributed by atoms with E-state index in [0.29, 0.717) is 32.6 Å². The van der Waals surface area contributed by atoms with E-state index in [1.807, 2.05) is 48.8 Å². The summed E-state index contributed by atoms with van der Waals surface area (Å²) >= 11 is 2.28. The van der Waals surface area contributed by atoms with Crippen LogP contribution in [0, 0.1) is 26.7 Å². The van der Waals surface area contributed by atoms with E-state index in [2.05, 4.69) is 42.8 Å². The molecule has 0 radical (unpaired) electrons. The average molecular weight is 849 g/mol. The molecular formula is C39H54F6N6O4S2. The largest absolute Gasteiger partial charge is 0.452 e. The second-order valence-electron chi connectivity index (χ2n) is 12.0. The molecule has 0 unspecified atom stereocenters. The Morgan fingerprint density at radius 2 is 1.09 bits per heavy atom. The van der Waals surface area contributed by atoms with Gasteiger partial charge in [-0.05, 0) is 91.4 Å². The molecule has 2 N–H and O–H groups in total. The van der Waals surface area contributed by atoms with Crippen molar-refractivity contribution in [1.82, 2.24) is 30.7 Å². The number of carbonyl (C=O) groups excluding carboxylic acids is 2. The minimum absolute atomic E-state index is 0.0590. The van der Waals surface area contributed by atoms with Crippen molar-refractivity contribution in [2.75, 3.05) is 47.3 Å². The maximum Gasteiger partial charge on any atom is 0.452 e. The minimum atomic E-state index is -4.58. The summed E-state index contributed by atoms with van der Waals surface area (Å²) in [6.07, 6.45) is 3.89. The van der Waals surface area contributed by atoms with Crippen LogP contribution >= 0.6 is 22.7 Å². The van der Waals surface area contributed by atoms with Gasteiger partial charge in [-0.2, -0.15) is 26.3 Å². The molecule has 6 heterocycles. The van der Waals surface area contributed by atoms with E-state index in [1.54, 1.807) is 34.1 Å². The Hall–Kier alpha value is -4.18. The van der Waals surface area contributed by atoms with Gasteiger partial charge in [0.1, 0.15) is 11.4 Å². The van der Waals surface area contributed by atoms with Gasteiger partial charge in [-0.25, -0.2) is 0 Å². The molecule has 0 saturated carbocycles. The highest BCUT2D eigenvalue weighted by Crippen LogP contribution is 2.40. The quantitative estimate of drug-likeness (QED) is 0.151. The molecule has 4 aromatic heterocycles. The lowest BCUT2D eigenvalue weighted by Gasteiger charge is -2.32. The van der Waals surface area contributed by atoms with E-state index in [1.165, 1.54) is 13.8 Å². The number of carbonyl (C=O) groups is 2. The van der Waals surface area contributed by atoms with E-state index >= 15 is 0 Å². The van der Waals surface area contributed by atoms with E-state index in [0.717, 1.165) is 67.9 Å². The summed E-state index contributed by atoms with van der Waals surface area (Å²) in [6, 6.07) is 6.77. The Balaban J connectivity index is 0.000000476. The number of nitrogens with zero attached hydrogens (tertiary/aromatic N) is 4. The monoisotopic (exact) mass is 848 g/mol. The van der Waals surface area contributed by atoms with Crippen molar-refractivity contribution >= 4 is 34.5 Å². The number of halogens is 6. The molecule has 0 aliphatic carbocycles. The number of likely N-dealkylation sites (tertiary alicyclic amines) is 2. The van der Waals surface area contributed by atoms with Crippen LogP contribution < -0.4 is 10.6 Å². The number of nitrogens with one attached hydrogen (secondary N) is 2. The second-order valence-corrected chi connectivity index (χ2v) is 14.2. The number of alkyl halides is 6. The summed E-state index contributed by atoms with van der Waals surface area (Å²) < 4.78 is 85.7. The first-order chi connectivity index (χ1) is 27.1. The molecule has 2 fully saturated rings. The van der Waals surface area contributed by atoms with E-state index < -0.39 is 23.9 Å². The SMILES string of the molecule is C#C.CC.CC.CNC.CN[C@@H]1CCCN(C(=O)c2ccc(-c3noc(C(F)(F)F)c3C)s2)C1.Cc1c(-c2ccc(C(=O)N3CCCCC3)s2)noc1C(F)(F)F. The second kappa shape index (κ2) is 24.6. The van der Waals surface area contributed by atoms with E-state index in [4.69, 9.17) is 0 Å². The van der Waals surface area contributed by atoms with Gasteiger partial charge in [0, 0.05) is 43.3 Å². The lowest BCUT2D eigenvalue weighted by Crippen LogP contribution is -2.46. The van der Waals surface area contributed by atoms with Gasteiger partial charge in [0.05, 0.1) is 19.5 Å². The molecule has 1 atom stereocenters. The van der Waals surface area contributed by atoms with Gasteiger partial charge in [0.2, 0.25) is 11.5 Å². The van der Waals surface area contributed by atoms with Crippen LogP contribution in [0.3, 0.4) is 0 Å². The number of piperidine rings is 2. The van der Waals surface area contributed by atoms with Crippen LogP contribution in [0.4, 0.5) is 26.3 Å². The molecule has 18 heteroatoms. The predicted octanol–water partition coefficient (Wildman–Crippen LogP) is 10.0. The van der Waals surface area contributed by atoms with Crippen molar-refractivity contribution in [2.45, 2.75) is 92.0 Å². The topological polar surface area (TPSA) is 117 Å². The molecule has 4 aromatic rings. The number of terminal acetylenes is 1. The molecule has 0 bridgehead atoms. The molecule has 0 aromatic carbocycles. The van der Waals surface area contributed by atoms with Crippen molar-refractivity contribution < 1.29 is 45.0 Å². The molecule has 318 valence electrons. The van der Waals surface area contributed by atoms with Gasteiger partial charge in [-0.15, -0.1) is 35.5 Å². The lowest BCUT2D eigenvalue weighted by atomic mass is 10.1. The molecular weight excluding hydrogens is 795 g/mol. The number of likely N-dealkylation sites (N-methyl/N-ethyl adjacent to an activating group) is 1. The smallest absolute Gasteiger partial charge is 0.351 e. The molecule has 2 saturated heterocycles. The van der Waals surface area contributed by atoms with Crippen LogP contribution in [0.15, 0.2) is 33.3 Å². The molecule has 2 aliphatic rings. The third kappa shape index (κ3) is 14.0. The highest BCUT2D eigenvalue weighted by Gasteiger charge is 2.40. The molecule has 57 heavy (non-hydrogen) atoms. The van der Waals surface area contributed by atoms with Crippen molar-refractivity contribution in [3.05, 3.63) is 56.7 Å². The maximum atomic E-state index is 12.8. The summed E-state index contributed by atoms with van der Waals surface area (Å²) in [5.41, 5.74) is 0.140. The fraction of sp³-hybridized carbons (Fsp3) is 0.538. The Morgan fingerprint density at radius 1 is 0.702 bits per heavy atom. The van der Waals surface area contributed by atoms with Crippen molar-refractivity contribution in [1.29, 1.82) is 0 Å². The fourth-order valence-electron chi connectivity index (χ4n) is 5.63. The summed E-state index contributed by atoms with van der Waals surface area (Å²) in [7, 11) is 5.62. The standard InChI is InChI=1S/C16H18F3N3O2S.C15H15F3N2O2S.C2H7N.2C2H6.C2H2/c1-9-13(21-24-14(9)16(17,18)19)11-5-6-12(25-11)15(23)22-7-3-4-10(8-22)20-2;1-9-12(19-22-13(9)15(16,17)18)10-5-6-11(23-10)14(21)20-7-3-2-4-8-20;1-3-2;3*1-2/h5-6,10,20H,3-4,7-8H2,1-2H3;5-6H,2-4,7-8H2,1H3;3H,1-2H3;2*1-2H3;1-2H/t10-;;;;;/m1...../s1. The van der Waals surface area contributed by atoms with Gasteiger partial charge >= 0.3 is 12.4 Å². The zero-order valence-corrected chi connectivity index (χ0v) is 35.5. The van der Waals surface area contributed by atoms with Crippen LogP contribution in [0.25, 0.3) is 21.1 Å². The van der Waals surface area contributed by atoms with Crippen molar-refractivity contribution in [3.8, 4) is 34.0 Å². The van der Waals surface area contributed by atoms with Gasteiger partial charge in [0.25, 0.3) is 11.8 Å². The van der Waals surface area contributed by atoms with Gasteiger partial charge < -0.3 is 29.5 Å². The summed E-state index contributed by atoms with van der Waals surface area (Å²) in [5.74, 6) is -2.37. The van der Waals surface area contributed by atoms with Gasteiger partial charge in [-0.3, -0.25) is 9.59 Å². The fourth-order valence-corrected chi connectivity index (χ4v) is 7.65. The van der Waals surface area contributed by atoms with Crippen LogP contribution in [0.2, 0.25) is 0 Å². The van der Waals surface area contributed by atoms with Crippen LogP contribution in [0.1, 0.15) is 102 Å². The molecule has 2 aliphatic heterocycles. The number of amides is 2. The average Bonchev–Trinajstić information content (AvgIpc) is 4.04. The minimum Gasteiger partial charge on any atom is -0.351 e. The molecule has 10 nitrogen and oxygen atoms in total. The highest BCUT2D eigenvalue weighted by molar-refractivity contribution is 7.17. The van der Waals surface area contributed by atoms with E-state index in [-0.39, 0.29) is 40.4 Å². The molecule has 2 amide bonds. The summed E-state index contributed by atoms with van der Waals surface area (Å²) in [6.45, 7) is 13.4. The third-order valence-electron chi connectivity index (χ3n) is 8.22. The Morgan fingerprint density at radius 3 is 1.46 bits per heavy atom. The third-order valence-corrected chi connectivity index (χ3v) is 10.4. The number of hydrogen-bond acceptors (Lipinski definition) is 10. The first-order valence-corrected chi connectivity index (χ1v) is 20.2. The Kier molecular flexibility index (Phi) is 21.9. The molecule has 6 rings (SSSR count). The Labute approximate surface area is 339 Å². The van der Waals surface area contributed by atoms with Crippen molar-refractivity contribution in [3.63, 3.8) is 0 Å². The maximum absolute atomic E-state index is 12.8. The summed E-state index contributed by atoms with van der Waals surface area (Å²) in [5, 5.41) is 13.0.